The molecule has 2 atom stereocenters. The van der Waals surface area contributed by atoms with Crippen molar-refractivity contribution in [2.24, 2.45) is 11.8 Å². The Bertz CT molecular complexity index is 1120. The molecular formula is C29H39NO6. The van der Waals surface area contributed by atoms with Crippen LogP contribution >= 0.6 is 0 Å². The van der Waals surface area contributed by atoms with Crippen LogP contribution in [0.2, 0.25) is 0 Å². The topological polar surface area (TPSA) is 86.0 Å². The van der Waals surface area contributed by atoms with E-state index in [4.69, 9.17) is 13.9 Å². The highest BCUT2D eigenvalue weighted by Gasteiger charge is 2.46. The van der Waals surface area contributed by atoms with Crippen LogP contribution in [0.15, 0.2) is 22.6 Å². The average Bonchev–Trinajstić information content (AvgIpc) is 3.41. The summed E-state index contributed by atoms with van der Waals surface area (Å²) in [5.41, 5.74) is 1.51. The molecule has 36 heavy (non-hydrogen) atoms. The predicted molar refractivity (Wildman–Crippen MR) is 137 cm³/mol. The fourth-order valence-corrected chi connectivity index (χ4v) is 5.89. The lowest BCUT2D eigenvalue weighted by atomic mass is 9.75. The molecule has 7 nitrogen and oxygen atoms in total. The van der Waals surface area contributed by atoms with E-state index in [0.717, 1.165) is 30.2 Å². The molecule has 2 fully saturated rings. The Morgan fingerprint density at radius 2 is 1.81 bits per heavy atom. The van der Waals surface area contributed by atoms with Crippen molar-refractivity contribution in [1.82, 2.24) is 4.90 Å². The van der Waals surface area contributed by atoms with Gasteiger partial charge in [0.1, 0.15) is 11.2 Å². The first kappa shape index (κ1) is 26.2. The van der Waals surface area contributed by atoms with E-state index in [1.165, 1.54) is 19.3 Å². The molecule has 2 aromatic rings. The van der Waals surface area contributed by atoms with Gasteiger partial charge in [-0.25, -0.2) is 9.59 Å². The molecule has 0 unspecified atom stereocenters. The van der Waals surface area contributed by atoms with Gasteiger partial charge in [-0.15, -0.1) is 0 Å². The number of amides is 1. The molecule has 0 N–H and O–H groups in total. The quantitative estimate of drug-likeness (QED) is 0.440. The molecule has 1 amide bonds. The van der Waals surface area contributed by atoms with E-state index in [9.17, 15) is 14.4 Å². The van der Waals surface area contributed by atoms with Crippen LogP contribution in [0.3, 0.4) is 0 Å². The van der Waals surface area contributed by atoms with Gasteiger partial charge in [0.15, 0.2) is 5.78 Å². The largest absolute Gasteiger partial charge is 0.460 e. The van der Waals surface area contributed by atoms with Crippen molar-refractivity contribution in [2.75, 3.05) is 13.2 Å². The highest BCUT2D eigenvalue weighted by Crippen LogP contribution is 2.40. The average molecular weight is 498 g/mol. The summed E-state index contributed by atoms with van der Waals surface area (Å²) in [6.07, 6.45) is 6.50. The number of hydrogen-bond donors (Lipinski definition) is 0. The number of likely N-dealkylation sites (tertiary alicyclic amines) is 1. The van der Waals surface area contributed by atoms with Crippen molar-refractivity contribution in [3.8, 4) is 0 Å². The molecular weight excluding hydrogens is 458 g/mol. The second-order valence-electron chi connectivity index (χ2n) is 11.2. The Labute approximate surface area is 213 Å². The molecule has 196 valence electrons. The fraction of sp³-hybridized carbons (Fsp3) is 0.621. The van der Waals surface area contributed by atoms with Gasteiger partial charge in [-0.1, -0.05) is 38.2 Å². The summed E-state index contributed by atoms with van der Waals surface area (Å²) in [7, 11) is 0. The summed E-state index contributed by atoms with van der Waals surface area (Å²) in [6, 6.07) is 5.10. The smallest absolute Gasteiger partial charge is 0.410 e. The third-order valence-electron chi connectivity index (χ3n) is 7.50. The molecule has 0 bridgehead atoms. The summed E-state index contributed by atoms with van der Waals surface area (Å²) in [4.78, 5) is 40.8. The van der Waals surface area contributed by atoms with Crippen molar-refractivity contribution in [3.05, 3.63) is 35.1 Å². The first-order valence-electron chi connectivity index (χ1n) is 13.3. The van der Waals surface area contributed by atoms with Gasteiger partial charge in [0.05, 0.1) is 12.6 Å². The zero-order valence-electron chi connectivity index (χ0n) is 22.2. The number of fused-ring (bicyclic) bond motifs is 1. The maximum atomic E-state index is 13.8. The van der Waals surface area contributed by atoms with Crippen molar-refractivity contribution < 1.29 is 28.3 Å². The van der Waals surface area contributed by atoms with Gasteiger partial charge >= 0.3 is 12.1 Å². The minimum atomic E-state index is -0.617. The molecule has 1 aromatic carbocycles. The van der Waals surface area contributed by atoms with Crippen LogP contribution < -0.4 is 0 Å². The van der Waals surface area contributed by atoms with Crippen LogP contribution in [0.1, 0.15) is 87.9 Å². The molecule has 1 aliphatic heterocycles. The normalized spacial score (nSPS) is 21.1. The van der Waals surface area contributed by atoms with Gasteiger partial charge in [-0.05, 0) is 70.6 Å². The molecule has 7 heteroatoms. The van der Waals surface area contributed by atoms with Gasteiger partial charge in [-0.3, -0.25) is 9.69 Å². The van der Waals surface area contributed by atoms with Crippen molar-refractivity contribution >= 4 is 28.8 Å². The van der Waals surface area contributed by atoms with Crippen LogP contribution in [-0.2, 0) is 20.7 Å². The van der Waals surface area contributed by atoms with Gasteiger partial charge in [0, 0.05) is 23.9 Å². The van der Waals surface area contributed by atoms with E-state index in [2.05, 4.69) is 0 Å². The zero-order valence-corrected chi connectivity index (χ0v) is 22.2. The standard InChI is InChI=1S/C29H39NO6/c1-6-34-27(32)26-18(2)22-16-19(12-13-24(22)35-26)17-23(31)25-21(20-10-8-7-9-11-20)14-15-30(25)28(33)36-29(3,4)5/h12-13,16,20-21,25H,6-11,14-15,17H2,1-5H3/t21-,25-/m0/s1. The zero-order chi connectivity index (χ0) is 26.0. The summed E-state index contributed by atoms with van der Waals surface area (Å²) in [6.45, 7) is 9.95. The number of aryl methyl sites for hydroxylation is 1. The molecule has 2 heterocycles. The second-order valence-corrected chi connectivity index (χ2v) is 11.2. The molecule has 0 radical (unpaired) electrons. The fourth-order valence-electron chi connectivity index (χ4n) is 5.89. The highest BCUT2D eigenvalue weighted by atomic mass is 16.6. The first-order valence-corrected chi connectivity index (χ1v) is 13.3. The number of carbonyl (C=O) groups is 3. The van der Waals surface area contributed by atoms with E-state index in [1.54, 1.807) is 17.9 Å². The lowest BCUT2D eigenvalue weighted by Gasteiger charge is -2.34. The van der Waals surface area contributed by atoms with Gasteiger partial charge < -0.3 is 13.9 Å². The molecule has 1 aromatic heterocycles. The minimum absolute atomic E-state index is 0.0417. The first-order chi connectivity index (χ1) is 17.1. The second kappa shape index (κ2) is 10.7. The van der Waals surface area contributed by atoms with Crippen LogP contribution in [-0.4, -0.2) is 47.5 Å². The third kappa shape index (κ3) is 5.60. The number of hydrogen-bond acceptors (Lipinski definition) is 6. The Hall–Kier alpha value is -2.83. The number of nitrogens with zero attached hydrogens (tertiary/aromatic N) is 1. The van der Waals surface area contributed by atoms with Gasteiger partial charge in [0.2, 0.25) is 5.76 Å². The number of ether oxygens (including phenoxy) is 2. The van der Waals surface area contributed by atoms with Gasteiger partial charge in [-0.2, -0.15) is 0 Å². The number of furan rings is 1. The lowest BCUT2D eigenvalue weighted by Crippen LogP contribution is -2.47. The van der Waals surface area contributed by atoms with Crippen molar-refractivity contribution in [1.29, 1.82) is 0 Å². The molecule has 4 rings (SSSR count). The summed E-state index contributed by atoms with van der Waals surface area (Å²) in [5.74, 6) is 0.378. The molecule has 1 saturated heterocycles. The third-order valence-corrected chi connectivity index (χ3v) is 7.50. The molecule has 1 aliphatic carbocycles. The summed E-state index contributed by atoms with van der Waals surface area (Å²) in [5, 5.41) is 0.794. The number of esters is 1. The van der Waals surface area contributed by atoms with E-state index < -0.39 is 23.7 Å². The Morgan fingerprint density at radius 1 is 1.08 bits per heavy atom. The Balaban J connectivity index is 1.59. The lowest BCUT2D eigenvalue weighted by molar-refractivity contribution is -0.124. The highest BCUT2D eigenvalue weighted by molar-refractivity contribution is 5.97. The van der Waals surface area contributed by atoms with Crippen LogP contribution in [0.4, 0.5) is 4.79 Å². The predicted octanol–water partition coefficient (Wildman–Crippen LogP) is 6.24. The molecule has 0 spiro atoms. The molecule has 2 aliphatic rings. The maximum Gasteiger partial charge on any atom is 0.410 e. The van der Waals surface area contributed by atoms with Crippen LogP contribution in [0, 0.1) is 18.8 Å². The summed E-state index contributed by atoms with van der Waals surface area (Å²) < 4.78 is 16.5. The van der Waals surface area contributed by atoms with Gasteiger partial charge in [0.25, 0.3) is 0 Å². The SMILES string of the molecule is CCOC(=O)c1oc2ccc(CC(=O)[C@@H]3[C@H](C4CCCCC4)CCN3C(=O)OC(C)(C)C)cc2c1C. The van der Waals surface area contributed by atoms with Crippen LogP contribution in [0.25, 0.3) is 11.0 Å². The Kier molecular flexibility index (Phi) is 7.76. The maximum absolute atomic E-state index is 13.8. The van der Waals surface area contributed by atoms with E-state index in [-0.39, 0.29) is 30.5 Å². The van der Waals surface area contributed by atoms with Crippen LogP contribution in [0.5, 0.6) is 0 Å². The van der Waals surface area contributed by atoms with E-state index in [0.29, 0.717) is 23.6 Å². The number of rotatable bonds is 6. The number of benzene rings is 1. The number of Topliss-reactive ketones (excluding diaryl/α,β-unsaturated/α-hetero) is 1. The molecule has 1 saturated carbocycles. The summed E-state index contributed by atoms with van der Waals surface area (Å²) >= 11 is 0. The number of carbonyl (C=O) groups excluding carboxylic acids is 3. The van der Waals surface area contributed by atoms with Crippen molar-refractivity contribution in [2.45, 2.75) is 91.2 Å². The van der Waals surface area contributed by atoms with E-state index in [1.807, 2.05) is 39.8 Å². The monoisotopic (exact) mass is 497 g/mol. The minimum Gasteiger partial charge on any atom is -0.460 e. The Morgan fingerprint density at radius 3 is 2.47 bits per heavy atom. The van der Waals surface area contributed by atoms with Crippen molar-refractivity contribution in [3.63, 3.8) is 0 Å². The van der Waals surface area contributed by atoms with E-state index >= 15 is 0 Å². The number of ketones is 1.